The minimum Gasteiger partial charge on any atom is -0.334 e. The molecule has 1 saturated heterocycles. The van der Waals surface area contributed by atoms with Gasteiger partial charge in [0, 0.05) is 31.0 Å². The number of hydrogen-bond donors (Lipinski definition) is 0. The molecule has 1 fully saturated rings. The molecule has 5 nitrogen and oxygen atoms in total. The average Bonchev–Trinajstić information content (AvgIpc) is 3.05. The minimum atomic E-state index is -0.447. The van der Waals surface area contributed by atoms with Crippen LogP contribution in [0.4, 0.5) is 0 Å². The molecule has 2 amide bonds. The number of amides is 2. The van der Waals surface area contributed by atoms with Crippen molar-refractivity contribution in [2.24, 2.45) is 5.92 Å². The number of rotatable bonds is 4. The molecule has 1 aromatic heterocycles. The van der Waals surface area contributed by atoms with Crippen LogP contribution in [0.15, 0.2) is 48.8 Å². The van der Waals surface area contributed by atoms with Crippen LogP contribution in [0.25, 0.3) is 0 Å². The zero-order valence-corrected chi connectivity index (χ0v) is 16.5. The van der Waals surface area contributed by atoms with E-state index in [4.69, 9.17) is 0 Å². The maximum absolute atomic E-state index is 13.7. The van der Waals surface area contributed by atoms with E-state index in [0.717, 1.165) is 42.5 Å². The van der Waals surface area contributed by atoms with Crippen molar-refractivity contribution in [2.75, 3.05) is 6.54 Å². The third-order valence-corrected chi connectivity index (χ3v) is 5.92. The van der Waals surface area contributed by atoms with Gasteiger partial charge in [0.15, 0.2) is 0 Å². The van der Waals surface area contributed by atoms with Gasteiger partial charge in [0.2, 0.25) is 5.91 Å². The summed E-state index contributed by atoms with van der Waals surface area (Å²) in [7, 11) is 0. The highest BCUT2D eigenvalue weighted by atomic mass is 16.2. The number of carbonyl (C=O) groups is 2. The van der Waals surface area contributed by atoms with Gasteiger partial charge in [0.1, 0.15) is 6.04 Å². The zero-order valence-electron chi connectivity index (χ0n) is 16.5. The number of benzene rings is 1. The molecule has 0 unspecified atom stereocenters. The lowest BCUT2D eigenvalue weighted by atomic mass is 9.93. The Morgan fingerprint density at radius 2 is 1.96 bits per heavy atom. The lowest BCUT2D eigenvalue weighted by Gasteiger charge is -2.41. The molecule has 4 rings (SSSR count). The quantitative estimate of drug-likeness (QED) is 0.814. The molecular formula is C23H27N3O2. The average molecular weight is 377 g/mol. The molecule has 0 bridgehead atoms. The summed E-state index contributed by atoms with van der Waals surface area (Å²) in [6.07, 6.45) is 6.66. The molecule has 2 atom stereocenters. The molecule has 28 heavy (non-hydrogen) atoms. The van der Waals surface area contributed by atoms with Crippen LogP contribution in [0, 0.1) is 5.92 Å². The highest BCUT2D eigenvalue weighted by Crippen LogP contribution is 2.34. The van der Waals surface area contributed by atoms with Crippen molar-refractivity contribution in [3.05, 3.63) is 65.5 Å². The van der Waals surface area contributed by atoms with E-state index in [1.54, 1.807) is 11.1 Å². The topological polar surface area (TPSA) is 53.5 Å². The Balaban J connectivity index is 1.63. The molecule has 0 aliphatic carbocycles. The van der Waals surface area contributed by atoms with Crippen LogP contribution < -0.4 is 0 Å². The second kappa shape index (κ2) is 7.74. The van der Waals surface area contributed by atoms with E-state index in [1.165, 1.54) is 0 Å². The predicted molar refractivity (Wildman–Crippen MR) is 107 cm³/mol. The van der Waals surface area contributed by atoms with E-state index < -0.39 is 6.04 Å². The Labute approximate surface area is 166 Å². The van der Waals surface area contributed by atoms with E-state index in [0.29, 0.717) is 6.54 Å². The van der Waals surface area contributed by atoms with Crippen LogP contribution >= 0.6 is 0 Å². The lowest BCUT2D eigenvalue weighted by Crippen LogP contribution is -2.53. The number of hydrogen-bond acceptors (Lipinski definition) is 3. The van der Waals surface area contributed by atoms with E-state index in [1.807, 2.05) is 61.3 Å². The van der Waals surface area contributed by atoms with Crippen LogP contribution in [0.3, 0.4) is 0 Å². The molecule has 0 spiro atoms. The molecule has 0 saturated carbocycles. The summed E-state index contributed by atoms with van der Waals surface area (Å²) in [6, 6.07) is 11.2. The molecular weight excluding hydrogens is 350 g/mol. The minimum absolute atomic E-state index is 0.0300. The van der Waals surface area contributed by atoms with Crippen LogP contribution in [-0.4, -0.2) is 39.2 Å². The summed E-state index contributed by atoms with van der Waals surface area (Å²) in [5, 5.41) is 0. The first-order valence-electron chi connectivity index (χ1n) is 10.2. The zero-order chi connectivity index (χ0) is 19.7. The Hall–Kier alpha value is -2.69. The SMILES string of the molecule is CC(C)[C@H](C(=O)N1CCCC[C@H]1c1cccnc1)N1Cc2ccccc2C1=O. The first-order chi connectivity index (χ1) is 13.6. The summed E-state index contributed by atoms with van der Waals surface area (Å²) >= 11 is 0. The van der Waals surface area contributed by atoms with Gasteiger partial charge >= 0.3 is 0 Å². The van der Waals surface area contributed by atoms with Gasteiger partial charge in [-0.2, -0.15) is 0 Å². The highest BCUT2D eigenvalue weighted by molar-refractivity contribution is 6.01. The van der Waals surface area contributed by atoms with E-state index >= 15 is 0 Å². The van der Waals surface area contributed by atoms with Crippen molar-refractivity contribution < 1.29 is 9.59 Å². The van der Waals surface area contributed by atoms with Crippen molar-refractivity contribution in [3.8, 4) is 0 Å². The van der Waals surface area contributed by atoms with Crippen molar-refractivity contribution in [3.63, 3.8) is 0 Å². The normalized spacial score (nSPS) is 20.4. The number of fused-ring (bicyclic) bond motifs is 1. The molecule has 0 N–H and O–H groups in total. The van der Waals surface area contributed by atoms with Crippen molar-refractivity contribution >= 4 is 11.8 Å². The lowest BCUT2D eigenvalue weighted by molar-refractivity contribution is -0.141. The number of carbonyl (C=O) groups excluding carboxylic acids is 2. The Morgan fingerprint density at radius 3 is 2.68 bits per heavy atom. The van der Waals surface area contributed by atoms with E-state index in [9.17, 15) is 9.59 Å². The fraction of sp³-hybridized carbons (Fsp3) is 0.435. The van der Waals surface area contributed by atoms with Crippen LogP contribution in [0.5, 0.6) is 0 Å². The largest absolute Gasteiger partial charge is 0.334 e. The Morgan fingerprint density at radius 1 is 1.14 bits per heavy atom. The summed E-state index contributed by atoms with van der Waals surface area (Å²) in [4.78, 5) is 34.8. The Bertz CT molecular complexity index is 865. The van der Waals surface area contributed by atoms with Crippen LogP contribution in [-0.2, 0) is 11.3 Å². The standard InChI is InChI=1S/C23H27N3O2/c1-16(2)21(26-15-18-8-3-4-10-19(18)22(26)27)23(28)25-13-6-5-11-20(25)17-9-7-12-24-14-17/h3-4,7-10,12,14,16,20-21H,5-6,11,13,15H2,1-2H3/t20-,21+/m0/s1. The summed E-state index contributed by atoms with van der Waals surface area (Å²) < 4.78 is 0. The van der Waals surface area contributed by atoms with Crippen LogP contribution in [0.2, 0.25) is 0 Å². The van der Waals surface area contributed by atoms with Gasteiger partial charge in [0.05, 0.1) is 6.04 Å². The number of likely N-dealkylation sites (tertiary alicyclic amines) is 1. The fourth-order valence-electron chi connectivity index (χ4n) is 4.56. The second-order valence-corrected chi connectivity index (χ2v) is 8.11. The number of aromatic nitrogens is 1. The van der Waals surface area contributed by atoms with Gasteiger partial charge in [-0.3, -0.25) is 14.6 Å². The van der Waals surface area contributed by atoms with E-state index in [2.05, 4.69) is 4.98 Å². The maximum Gasteiger partial charge on any atom is 0.255 e. The monoisotopic (exact) mass is 377 g/mol. The maximum atomic E-state index is 13.7. The summed E-state index contributed by atoms with van der Waals surface area (Å²) in [5.41, 5.74) is 2.81. The molecule has 146 valence electrons. The molecule has 2 aliphatic rings. The fourth-order valence-corrected chi connectivity index (χ4v) is 4.56. The predicted octanol–water partition coefficient (Wildman–Crippen LogP) is 3.82. The van der Waals surface area contributed by atoms with Gasteiger partial charge in [0.25, 0.3) is 5.91 Å². The highest BCUT2D eigenvalue weighted by Gasteiger charge is 2.41. The number of pyridine rings is 1. The third kappa shape index (κ3) is 3.30. The van der Waals surface area contributed by atoms with Gasteiger partial charge in [-0.05, 0) is 48.4 Å². The molecule has 0 radical (unpaired) electrons. The van der Waals surface area contributed by atoms with Crippen LogP contribution in [0.1, 0.15) is 60.6 Å². The molecule has 5 heteroatoms. The number of piperidine rings is 1. The molecule has 3 heterocycles. The van der Waals surface area contributed by atoms with Gasteiger partial charge < -0.3 is 9.80 Å². The van der Waals surface area contributed by atoms with Crippen molar-refractivity contribution in [1.82, 2.24) is 14.8 Å². The van der Waals surface area contributed by atoms with Crippen molar-refractivity contribution in [1.29, 1.82) is 0 Å². The molecule has 2 aliphatic heterocycles. The summed E-state index contributed by atoms with van der Waals surface area (Å²) in [6.45, 7) is 5.30. The van der Waals surface area contributed by atoms with Crippen molar-refractivity contribution in [2.45, 2.75) is 51.7 Å². The second-order valence-electron chi connectivity index (χ2n) is 8.11. The van der Waals surface area contributed by atoms with Gasteiger partial charge in [-0.15, -0.1) is 0 Å². The van der Waals surface area contributed by atoms with Gasteiger partial charge in [-0.25, -0.2) is 0 Å². The Kier molecular flexibility index (Phi) is 5.16. The first-order valence-corrected chi connectivity index (χ1v) is 10.2. The van der Waals surface area contributed by atoms with E-state index in [-0.39, 0.29) is 23.8 Å². The smallest absolute Gasteiger partial charge is 0.255 e. The van der Waals surface area contributed by atoms with Gasteiger partial charge in [-0.1, -0.05) is 38.1 Å². The number of nitrogens with zero attached hydrogens (tertiary/aromatic N) is 3. The first kappa shape index (κ1) is 18.7. The summed E-state index contributed by atoms with van der Waals surface area (Å²) in [5.74, 6) is 0.0736. The molecule has 2 aromatic rings. The molecule has 1 aromatic carbocycles. The third-order valence-electron chi connectivity index (χ3n) is 5.92.